The molecule has 0 saturated carbocycles. The lowest BCUT2D eigenvalue weighted by atomic mass is 10.1. The maximum atomic E-state index is 12.9. The molecule has 4 rings (SSSR count). The average Bonchev–Trinajstić information content (AvgIpc) is 3.13. The SMILES string of the molecule is CCN1CCN(c2ccc(Cl)cc2NC(=O)C2Cc3ccccc3S2)CC1. The molecule has 0 aromatic heterocycles. The van der Waals surface area contributed by atoms with Gasteiger partial charge in [0.05, 0.1) is 16.6 Å². The van der Waals surface area contributed by atoms with Crippen molar-refractivity contribution in [3.8, 4) is 0 Å². The number of nitrogens with one attached hydrogen (secondary N) is 1. The number of hydrogen-bond acceptors (Lipinski definition) is 4. The predicted molar refractivity (Wildman–Crippen MR) is 114 cm³/mol. The zero-order chi connectivity index (χ0) is 18.8. The Balaban J connectivity index is 1.49. The fraction of sp³-hybridized carbons (Fsp3) is 0.381. The fourth-order valence-electron chi connectivity index (χ4n) is 3.73. The zero-order valence-electron chi connectivity index (χ0n) is 15.5. The molecule has 4 nitrogen and oxygen atoms in total. The summed E-state index contributed by atoms with van der Waals surface area (Å²) in [4.78, 5) is 18.9. The van der Waals surface area contributed by atoms with Crippen LogP contribution in [-0.2, 0) is 11.2 Å². The molecule has 0 aliphatic carbocycles. The monoisotopic (exact) mass is 401 g/mol. The van der Waals surface area contributed by atoms with Gasteiger partial charge in [-0.3, -0.25) is 4.79 Å². The molecular formula is C21H24ClN3OS. The number of amides is 1. The largest absolute Gasteiger partial charge is 0.367 e. The lowest BCUT2D eigenvalue weighted by Gasteiger charge is -2.36. The lowest BCUT2D eigenvalue weighted by molar-refractivity contribution is -0.115. The van der Waals surface area contributed by atoms with Crippen LogP contribution in [0.5, 0.6) is 0 Å². The normalized spacial score (nSPS) is 19.8. The van der Waals surface area contributed by atoms with E-state index in [1.165, 1.54) is 10.5 Å². The third-order valence-corrected chi connectivity index (χ3v) is 6.87. The number of piperazine rings is 1. The van der Waals surface area contributed by atoms with E-state index in [0.29, 0.717) is 5.02 Å². The summed E-state index contributed by atoms with van der Waals surface area (Å²) >= 11 is 7.88. The van der Waals surface area contributed by atoms with Gasteiger partial charge >= 0.3 is 0 Å². The molecule has 1 atom stereocenters. The van der Waals surface area contributed by atoms with E-state index in [2.05, 4.69) is 34.2 Å². The second-order valence-electron chi connectivity index (χ2n) is 6.99. The van der Waals surface area contributed by atoms with E-state index in [4.69, 9.17) is 11.6 Å². The van der Waals surface area contributed by atoms with Crippen LogP contribution in [-0.4, -0.2) is 48.8 Å². The minimum atomic E-state index is -0.0915. The van der Waals surface area contributed by atoms with Crippen LogP contribution in [0.4, 0.5) is 11.4 Å². The Hall–Kier alpha value is -1.69. The molecule has 2 heterocycles. The Kier molecular flexibility index (Phi) is 5.62. The van der Waals surface area contributed by atoms with Crippen molar-refractivity contribution in [1.29, 1.82) is 0 Å². The van der Waals surface area contributed by atoms with Crippen molar-refractivity contribution < 1.29 is 4.79 Å². The van der Waals surface area contributed by atoms with Gasteiger partial charge < -0.3 is 15.1 Å². The molecule has 1 N–H and O–H groups in total. The Bertz CT molecular complexity index is 811. The third kappa shape index (κ3) is 4.10. The van der Waals surface area contributed by atoms with Crippen LogP contribution in [0.2, 0.25) is 5.02 Å². The van der Waals surface area contributed by atoms with Gasteiger partial charge in [0.1, 0.15) is 0 Å². The van der Waals surface area contributed by atoms with E-state index in [9.17, 15) is 4.79 Å². The molecule has 1 amide bonds. The minimum Gasteiger partial charge on any atom is -0.367 e. The molecule has 2 aliphatic rings. The molecule has 2 aromatic carbocycles. The first-order valence-corrected chi connectivity index (χ1v) is 10.7. The lowest BCUT2D eigenvalue weighted by Crippen LogP contribution is -2.46. The highest BCUT2D eigenvalue weighted by Crippen LogP contribution is 2.38. The highest BCUT2D eigenvalue weighted by atomic mass is 35.5. The summed E-state index contributed by atoms with van der Waals surface area (Å²) in [5.74, 6) is 0.0481. The Labute approximate surface area is 169 Å². The smallest absolute Gasteiger partial charge is 0.238 e. The highest BCUT2D eigenvalue weighted by Gasteiger charge is 2.29. The second kappa shape index (κ2) is 8.13. The summed E-state index contributed by atoms with van der Waals surface area (Å²) in [7, 11) is 0. The number of carbonyl (C=O) groups excluding carboxylic acids is 1. The first-order chi connectivity index (χ1) is 13.1. The van der Waals surface area contributed by atoms with Gasteiger partial charge in [0.15, 0.2) is 0 Å². The summed E-state index contributed by atoms with van der Waals surface area (Å²) < 4.78 is 0. The molecule has 2 aliphatic heterocycles. The van der Waals surface area contributed by atoms with Crippen LogP contribution < -0.4 is 10.2 Å². The standard InChI is InChI=1S/C21H24ClN3OS/c1-2-24-9-11-25(12-10-24)18-8-7-16(22)14-17(18)23-21(26)20-13-15-5-3-4-6-19(15)27-20/h3-8,14,20H,2,9-13H2,1H3,(H,23,26). The summed E-state index contributed by atoms with van der Waals surface area (Å²) in [6.45, 7) is 7.28. The molecule has 6 heteroatoms. The van der Waals surface area contributed by atoms with Crippen LogP contribution in [0.3, 0.4) is 0 Å². The maximum Gasteiger partial charge on any atom is 0.238 e. The number of likely N-dealkylation sites (N-methyl/N-ethyl adjacent to an activating group) is 1. The number of fused-ring (bicyclic) bond motifs is 1. The first-order valence-electron chi connectivity index (χ1n) is 9.46. The third-order valence-electron chi connectivity index (χ3n) is 5.32. The number of nitrogens with zero attached hydrogens (tertiary/aromatic N) is 2. The number of anilines is 2. The Morgan fingerprint density at radius 2 is 1.96 bits per heavy atom. The van der Waals surface area contributed by atoms with Crippen molar-refractivity contribution in [3.05, 3.63) is 53.1 Å². The zero-order valence-corrected chi connectivity index (χ0v) is 17.0. The van der Waals surface area contributed by atoms with E-state index < -0.39 is 0 Å². The summed E-state index contributed by atoms with van der Waals surface area (Å²) in [5, 5.41) is 3.70. The molecule has 0 bridgehead atoms. The molecule has 1 fully saturated rings. The molecule has 0 radical (unpaired) electrons. The summed E-state index contributed by atoms with van der Waals surface area (Å²) in [6.07, 6.45) is 0.776. The van der Waals surface area contributed by atoms with E-state index in [0.717, 1.165) is 50.5 Å². The number of benzene rings is 2. The van der Waals surface area contributed by atoms with E-state index in [1.807, 2.05) is 30.3 Å². The Morgan fingerprint density at radius 3 is 2.70 bits per heavy atom. The molecule has 142 valence electrons. The quantitative estimate of drug-likeness (QED) is 0.835. The van der Waals surface area contributed by atoms with E-state index in [-0.39, 0.29) is 11.2 Å². The van der Waals surface area contributed by atoms with Gasteiger partial charge in [0.25, 0.3) is 0 Å². The summed E-state index contributed by atoms with van der Waals surface area (Å²) in [6, 6.07) is 14.0. The molecule has 0 spiro atoms. The van der Waals surface area contributed by atoms with Gasteiger partial charge in [-0.2, -0.15) is 0 Å². The van der Waals surface area contributed by atoms with Crippen LogP contribution >= 0.6 is 23.4 Å². The second-order valence-corrected chi connectivity index (χ2v) is 8.67. The maximum absolute atomic E-state index is 12.9. The minimum absolute atomic E-state index is 0.0481. The number of rotatable bonds is 4. The number of carbonyl (C=O) groups is 1. The number of halogens is 1. The van der Waals surface area contributed by atoms with Gasteiger partial charge in [0.2, 0.25) is 5.91 Å². The van der Waals surface area contributed by atoms with E-state index >= 15 is 0 Å². The van der Waals surface area contributed by atoms with Crippen LogP contribution in [0.25, 0.3) is 0 Å². The predicted octanol–water partition coefficient (Wildman–Crippen LogP) is 4.14. The van der Waals surface area contributed by atoms with Crippen LogP contribution in [0.15, 0.2) is 47.4 Å². The number of thioether (sulfide) groups is 1. The van der Waals surface area contributed by atoms with E-state index in [1.54, 1.807) is 11.8 Å². The van der Waals surface area contributed by atoms with Gasteiger partial charge in [-0.1, -0.05) is 36.7 Å². The number of hydrogen-bond donors (Lipinski definition) is 1. The molecule has 1 unspecified atom stereocenters. The summed E-state index contributed by atoms with van der Waals surface area (Å²) in [5.41, 5.74) is 3.13. The van der Waals surface area contributed by atoms with Gasteiger partial charge in [-0.25, -0.2) is 0 Å². The molecule has 2 aromatic rings. The fourth-order valence-corrected chi connectivity index (χ4v) is 5.10. The van der Waals surface area contributed by atoms with Crippen molar-refractivity contribution in [1.82, 2.24) is 4.90 Å². The van der Waals surface area contributed by atoms with Crippen molar-refractivity contribution in [3.63, 3.8) is 0 Å². The van der Waals surface area contributed by atoms with Gasteiger partial charge in [-0.15, -0.1) is 11.8 Å². The average molecular weight is 402 g/mol. The van der Waals surface area contributed by atoms with Gasteiger partial charge in [0, 0.05) is 36.1 Å². The van der Waals surface area contributed by atoms with Crippen LogP contribution in [0.1, 0.15) is 12.5 Å². The van der Waals surface area contributed by atoms with Crippen molar-refractivity contribution in [2.75, 3.05) is 42.9 Å². The first kappa shape index (κ1) is 18.7. The molecule has 1 saturated heterocycles. The van der Waals surface area contributed by atoms with Crippen molar-refractivity contribution in [2.24, 2.45) is 0 Å². The molecule has 27 heavy (non-hydrogen) atoms. The van der Waals surface area contributed by atoms with Crippen molar-refractivity contribution in [2.45, 2.75) is 23.5 Å². The van der Waals surface area contributed by atoms with Crippen molar-refractivity contribution >= 4 is 40.6 Å². The Morgan fingerprint density at radius 1 is 1.19 bits per heavy atom. The van der Waals surface area contributed by atoms with Crippen LogP contribution in [0, 0.1) is 0 Å². The van der Waals surface area contributed by atoms with Gasteiger partial charge in [-0.05, 0) is 42.8 Å². The highest BCUT2D eigenvalue weighted by molar-refractivity contribution is 8.01. The molecular weight excluding hydrogens is 378 g/mol. The topological polar surface area (TPSA) is 35.6 Å².